The van der Waals surface area contributed by atoms with Gasteiger partial charge in [0.15, 0.2) is 0 Å². The van der Waals surface area contributed by atoms with Gasteiger partial charge < -0.3 is 14.6 Å². The van der Waals surface area contributed by atoms with Crippen LogP contribution in [0, 0.1) is 0 Å². The van der Waals surface area contributed by atoms with Crippen molar-refractivity contribution in [1.29, 1.82) is 0 Å². The molecule has 1 atom stereocenters. The standard InChI is InChI=1S/C16H19NO2S.C2H4O2/c1-12(2)8-16-17-14(11-20-16)10-19-15-7-5-4-6-13(15)9-18-3;1-2(3)4/h4-9,11,15H,10H2,1-3H3;1H3,(H,3,4). The quantitative estimate of drug-likeness (QED) is 0.807. The van der Waals surface area contributed by atoms with Crippen molar-refractivity contribution in [3.8, 4) is 0 Å². The third kappa shape index (κ3) is 7.89. The van der Waals surface area contributed by atoms with Gasteiger partial charge in [0.25, 0.3) is 5.97 Å². The number of ether oxygens (including phenoxy) is 2. The summed E-state index contributed by atoms with van der Waals surface area (Å²) in [5.41, 5.74) is 3.22. The summed E-state index contributed by atoms with van der Waals surface area (Å²) in [5.74, 6) is -0.833. The molecule has 1 N–H and O–H groups in total. The highest BCUT2D eigenvalue weighted by Gasteiger charge is 2.13. The van der Waals surface area contributed by atoms with Crippen LogP contribution in [0.5, 0.6) is 0 Å². The molecule has 0 saturated carbocycles. The van der Waals surface area contributed by atoms with Gasteiger partial charge in [0, 0.05) is 17.9 Å². The van der Waals surface area contributed by atoms with Gasteiger partial charge in [-0.15, -0.1) is 11.3 Å². The highest BCUT2D eigenvalue weighted by molar-refractivity contribution is 7.10. The lowest BCUT2D eigenvalue weighted by Gasteiger charge is -2.16. The van der Waals surface area contributed by atoms with E-state index in [2.05, 4.69) is 24.9 Å². The van der Waals surface area contributed by atoms with Gasteiger partial charge in [-0.25, -0.2) is 4.98 Å². The SMILES string of the molecule is CC(=O)O.COC=C1C=CC=CC1OCc1csc(C=C(C)C)n1. The van der Waals surface area contributed by atoms with Gasteiger partial charge in [-0.1, -0.05) is 29.9 Å². The maximum Gasteiger partial charge on any atom is 0.300 e. The minimum absolute atomic E-state index is 0.0754. The van der Waals surface area contributed by atoms with Crippen LogP contribution in [0.25, 0.3) is 6.08 Å². The van der Waals surface area contributed by atoms with Crippen LogP contribution in [0.15, 0.2) is 47.1 Å². The van der Waals surface area contributed by atoms with Gasteiger partial charge in [-0.2, -0.15) is 0 Å². The molecular weight excluding hydrogens is 326 g/mol. The van der Waals surface area contributed by atoms with Crippen LogP contribution in [-0.2, 0) is 20.9 Å². The highest BCUT2D eigenvalue weighted by atomic mass is 32.1. The molecule has 0 aliphatic heterocycles. The Bertz CT molecular complexity index is 648. The van der Waals surface area contributed by atoms with Gasteiger partial charge in [0.2, 0.25) is 0 Å². The number of carboxylic acids is 1. The molecule has 1 aliphatic carbocycles. The molecule has 0 fully saturated rings. The van der Waals surface area contributed by atoms with Crippen molar-refractivity contribution in [2.24, 2.45) is 0 Å². The number of hydrogen-bond donors (Lipinski definition) is 1. The lowest BCUT2D eigenvalue weighted by Crippen LogP contribution is -2.14. The smallest absolute Gasteiger partial charge is 0.300 e. The van der Waals surface area contributed by atoms with Crippen molar-refractivity contribution in [1.82, 2.24) is 4.98 Å². The average Bonchev–Trinajstić information content (AvgIpc) is 2.93. The van der Waals surface area contributed by atoms with E-state index in [-0.39, 0.29) is 6.10 Å². The fraction of sp³-hybridized carbons (Fsp3) is 0.333. The highest BCUT2D eigenvalue weighted by Crippen LogP contribution is 2.19. The van der Waals surface area contributed by atoms with Crippen LogP contribution in [0.4, 0.5) is 0 Å². The van der Waals surface area contributed by atoms with Crippen LogP contribution in [0.3, 0.4) is 0 Å². The first kappa shape index (κ1) is 19.9. The van der Waals surface area contributed by atoms with Gasteiger partial charge in [0.05, 0.1) is 25.7 Å². The van der Waals surface area contributed by atoms with Crippen LogP contribution in [-0.4, -0.2) is 29.3 Å². The summed E-state index contributed by atoms with van der Waals surface area (Å²) < 4.78 is 11.0. The van der Waals surface area contributed by atoms with E-state index < -0.39 is 5.97 Å². The molecule has 1 aliphatic rings. The van der Waals surface area contributed by atoms with E-state index in [1.54, 1.807) is 24.7 Å². The van der Waals surface area contributed by atoms with E-state index in [9.17, 15) is 0 Å². The van der Waals surface area contributed by atoms with E-state index in [0.29, 0.717) is 6.61 Å². The molecule has 5 nitrogen and oxygen atoms in total. The molecule has 1 heterocycles. The molecule has 1 unspecified atom stereocenters. The van der Waals surface area contributed by atoms with E-state index >= 15 is 0 Å². The molecule has 0 aromatic carbocycles. The predicted octanol–water partition coefficient (Wildman–Crippen LogP) is 4.20. The first-order valence-corrected chi connectivity index (χ1v) is 8.28. The summed E-state index contributed by atoms with van der Waals surface area (Å²) in [4.78, 5) is 13.5. The molecule has 0 amide bonds. The minimum atomic E-state index is -0.833. The number of carbonyl (C=O) groups is 1. The minimum Gasteiger partial charge on any atom is -0.504 e. The van der Waals surface area contributed by atoms with Crippen molar-refractivity contribution in [2.45, 2.75) is 33.5 Å². The van der Waals surface area contributed by atoms with Crippen molar-refractivity contribution >= 4 is 23.4 Å². The van der Waals surface area contributed by atoms with Crippen molar-refractivity contribution in [3.63, 3.8) is 0 Å². The largest absolute Gasteiger partial charge is 0.504 e. The number of hydrogen-bond acceptors (Lipinski definition) is 5. The average molecular weight is 349 g/mol. The van der Waals surface area contributed by atoms with Crippen LogP contribution in [0.1, 0.15) is 31.5 Å². The summed E-state index contributed by atoms with van der Waals surface area (Å²) in [5, 5.41) is 10.5. The number of thiazole rings is 1. The van der Waals surface area contributed by atoms with E-state index in [4.69, 9.17) is 19.4 Å². The summed E-state index contributed by atoms with van der Waals surface area (Å²) in [6.45, 7) is 5.72. The third-order valence-electron chi connectivity index (χ3n) is 2.66. The second-order valence-electron chi connectivity index (χ2n) is 5.25. The van der Waals surface area contributed by atoms with Crippen molar-refractivity contribution in [3.05, 3.63) is 57.8 Å². The Morgan fingerprint density at radius 3 is 2.71 bits per heavy atom. The number of methoxy groups -OCH3 is 1. The van der Waals surface area contributed by atoms with Crippen molar-refractivity contribution < 1.29 is 19.4 Å². The first-order valence-electron chi connectivity index (χ1n) is 7.40. The monoisotopic (exact) mass is 349 g/mol. The third-order valence-corrected chi connectivity index (χ3v) is 3.50. The molecule has 0 saturated heterocycles. The van der Waals surface area contributed by atoms with Gasteiger partial charge in [-0.05, 0) is 19.9 Å². The lowest BCUT2D eigenvalue weighted by molar-refractivity contribution is -0.134. The zero-order valence-electron chi connectivity index (χ0n) is 14.4. The number of allylic oxidation sites excluding steroid dienone is 3. The zero-order chi connectivity index (χ0) is 17.9. The summed E-state index contributed by atoms with van der Waals surface area (Å²) in [7, 11) is 1.64. The Morgan fingerprint density at radius 1 is 1.38 bits per heavy atom. The first-order chi connectivity index (χ1) is 11.4. The molecule has 0 spiro atoms. The lowest BCUT2D eigenvalue weighted by atomic mass is 10.1. The maximum atomic E-state index is 9.00. The van der Waals surface area contributed by atoms with Crippen LogP contribution < -0.4 is 0 Å². The Kier molecular flexibility index (Phi) is 8.75. The topological polar surface area (TPSA) is 68.7 Å². The van der Waals surface area contributed by atoms with E-state index in [0.717, 1.165) is 23.2 Å². The molecule has 1 aromatic heterocycles. The fourth-order valence-electron chi connectivity index (χ4n) is 1.81. The molecule has 6 heteroatoms. The second-order valence-corrected chi connectivity index (χ2v) is 6.14. The molecular formula is C18H23NO4S. The number of aromatic nitrogens is 1. The molecule has 2 rings (SSSR count). The van der Waals surface area contributed by atoms with Gasteiger partial charge in [0.1, 0.15) is 11.1 Å². The molecule has 24 heavy (non-hydrogen) atoms. The van der Waals surface area contributed by atoms with E-state index in [1.807, 2.05) is 29.7 Å². The number of aliphatic carboxylic acids is 1. The Labute approximate surface area is 146 Å². The number of rotatable bonds is 5. The second kappa shape index (κ2) is 10.6. The molecule has 130 valence electrons. The normalized spacial score (nSPS) is 17.2. The predicted molar refractivity (Wildman–Crippen MR) is 96.7 cm³/mol. The van der Waals surface area contributed by atoms with Crippen LogP contribution >= 0.6 is 11.3 Å². The fourth-order valence-corrected chi connectivity index (χ4v) is 2.66. The van der Waals surface area contributed by atoms with Gasteiger partial charge in [-0.3, -0.25) is 4.79 Å². The Morgan fingerprint density at radius 2 is 2.08 bits per heavy atom. The number of carboxylic acid groups (broad SMARTS) is 1. The summed E-state index contributed by atoms with van der Waals surface area (Å²) in [6, 6.07) is 0. The Balaban J connectivity index is 0.000000648. The summed E-state index contributed by atoms with van der Waals surface area (Å²) in [6.07, 6.45) is 11.7. The Hall–Kier alpha value is -2.18. The maximum absolute atomic E-state index is 9.00. The molecule has 0 bridgehead atoms. The zero-order valence-corrected chi connectivity index (χ0v) is 15.2. The summed E-state index contributed by atoms with van der Waals surface area (Å²) >= 11 is 1.64. The van der Waals surface area contributed by atoms with Crippen molar-refractivity contribution in [2.75, 3.05) is 7.11 Å². The van der Waals surface area contributed by atoms with Gasteiger partial charge >= 0.3 is 0 Å². The molecule has 1 aromatic rings. The van der Waals surface area contributed by atoms with Crippen LogP contribution in [0.2, 0.25) is 0 Å². The number of nitrogens with zero attached hydrogens (tertiary/aromatic N) is 1. The van der Waals surface area contributed by atoms with E-state index in [1.165, 1.54) is 5.57 Å². The molecule has 0 radical (unpaired) electrons.